The highest BCUT2D eigenvalue weighted by molar-refractivity contribution is 9.10. The van der Waals surface area contributed by atoms with Crippen LogP contribution in [-0.2, 0) is 0 Å². The van der Waals surface area contributed by atoms with Gasteiger partial charge in [-0.3, -0.25) is 0 Å². The van der Waals surface area contributed by atoms with Gasteiger partial charge in [0.25, 0.3) is 0 Å². The van der Waals surface area contributed by atoms with E-state index in [4.69, 9.17) is 10.2 Å². The van der Waals surface area contributed by atoms with Gasteiger partial charge >= 0.3 is 0 Å². The minimum absolute atomic E-state index is 0.193. The van der Waals surface area contributed by atoms with Gasteiger partial charge in [0.1, 0.15) is 5.82 Å². The lowest BCUT2D eigenvalue weighted by atomic mass is 10.2. The summed E-state index contributed by atoms with van der Waals surface area (Å²) in [6, 6.07) is 3.01. The van der Waals surface area contributed by atoms with Crippen LogP contribution in [0.4, 0.5) is 10.1 Å². The quantitative estimate of drug-likeness (QED) is 0.785. The number of benzene rings is 1. The molecule has 5 heteroatoms. The highest BCUT2D eigenvalue weighted by atomic mass is 79.9. The Morgan fingerprint density at radius 1 is 1.53 bits per heavy atom. The van der Waals surface area contributed by atoms with Crippen molar-refractivity contribution >= 4 is 21.6 Å². The Bertz CT molecular complexity index is 346. The first-order valence-corrected chi connectivity index (χ1v) is 5.32. The molecule has 84 valence electrons. The summed E-state index contributed by atoms with van der Waals surface area (Å²) in [5, 5.41) is 20.6. The fourth-order valence-corrected chi connectivity index (χ4v) is 1.59. The third kappa shape index (κ3) is 3.44. The van der Waals surface area contributed by atoms with Gasteiger partial charge in [-0.25, -0.2) is 4.39 Å². The van der Waals surface area contributed by atoms with Crippen molar-refractivity contribution < 1.29 is 14.6 Å². The van der Waals surface area contributed by atoms with Gasteiger partial charge in [0.05, 0.1) is 17.2 Å². The van der Waals surface area contributed by atoms with E-state index in [0.717, 1.165) is 5.56 Å². The summed E-state index contributed by atoms with van der Waals surface area (Å²) in [4.78, 5) is 0. The number of rotatable bonds is 4. The molecule has 1 unspecified atom stereocenters. The van der Waals surface area contributed by atoms with E-state index < -0.39 is 6.10 Å². The van der Waals surface area contributed by atoms with Crippen LogP contribution in [0.5, 0.6) is 0 Å². The van der Waals surface area contributed by atoms with Crippen LogP contribution >= 0.6 is 15.9 Å². The molecule has 0 aromatic heterocycles. The topological polar surface area (TPSA) is 52.5 Å². The molecule has 1 atom stereocenters. The average molecular weight is 278 g/mol. The Balaban J connectivity index is 2.73. The maximum absolute atomic E-state index is 13.2. The van der Waals surface area contributed by atoms with E-state index in [1.165, 1.54) is 6.07 Å². The smallest absolute Gasteiger partial charge is 0.139 e. The van der Waals surface area contributed by atoms with Crippen LogP contribution in [-0.4, -0.2) is 29.5 Å². The van der Waals surface area contributed by atoms with E-state index >= 15 is 0 Å². The number of aliphatic hydroxyl groups excluding tert-OH is 2. The molecule has 0 heterocycles. The van der Waals surface area contributed by atoms with Crippen molar-refractivity contribution in [3.63, 3.8) is 0 Å². The van der Waals surface area contributed by atoms with Gasteiger partial charge in [-0.05, 0) is 40.5 Å². The van der Waals surface area contributed by atoms with Crippen LogP contribution < -0.4 is 5.32 Å². The minimum atomic E-state index is -0.837. The molecule has 1 aromatic carbocycles. The number of nitrogens with one attached hydrogen (secondary N) is 1. The lowest BCUT2D eigenvalue weighted by Crippen LogP contribution is -2.23. The SMILES string of the molecule is Cc1cc(Br)c(F)cc1NCC(O)CO. The molecular weight excluding hydrogens is 265 g/mol. The Kier molecular flexibility index (Phi) is 4.50. The monoisotopic (exact) mass is 277 g/mol. The molecule has 0 aliphatic carbocycles. The van der Waals surface area contributed by atoms with E-state index in [1.807, 2.05) is 6.92 Å². The second-order valence-corrected chi connectivity index (χ2v) is 4.15. The average Bonchev–Trinajstić information content (AvgIpc) is 2.21. The summed E-state index contributed by atoms with van der Waals surface area (Å²) >= 11 is 3.08. The Hall–Kier alpha value is -0.650. The zero-order valence-electron chi connectivity index (χ0n) is 8.30. The van der Waals surface area contributed by atoms with Gasteiger partial charge < -0.3 is 15.5 Å². The van der Waals surface area contributed by atoms with Crippen LogP contribution in [0.15, 0.2) is 16.6 Å². The molecule has 3 nitrogen and oxygen atoms in total. The first-order valence-electron chi connectivity index (χ1n) is 4.53. The van der Waals surface area contributed by atoms with Crippen molar-refractivity contribution in [2.45, 2.75) is 13.0 Å². The first kappa shape index (κ1) is 12.4. The van der Waals surface area contributed by atoms with Crippen LogP contribution in [0.1, 0.15) is 5.56 Å². The van der Waals surface area contributed by atoms with Crippen LogP contribution in [0, 0.1) is 12.7 Å². The summed E-state index contributed by atoms with van der Waals surface area (Å²) in [5.74, 6) is -0.360. The van der Waals surface area contributed by atoms with Crippen molar-refractivity contribution in [1.29, 1.82) is 0 Å². The predicted molar refractivity (Wildman–Crippen MR) is 60.4 cm³/mol. The highest BCUT2D eigenvalue weighted by Crippen LogP contribution is 2.23. The van der Waals surface area contributed by atoms with Crippen molar-refractivity contribution in [1.82, 2.24) is 0 Å². The number of aliphatic hydroxyl groups is 2. The molecule has 0 bridgehead atoms. The van der Waals surface area contributed by atoms with E-state index in [2.05, 4.69) is 21.2 Å². The molecule has 0 saturated heterocycles. The second-order valence-electron chi connectivity index (χ2n) is 3.30. The fraction of sp³-hybridized carbons (Fsp3) is 0.400. The highest BCUT2D eigenvalue weighted by Gasteiger charge is 2.06. The molecular formula is C10H13BrFNO2. The summed E-state index contributed by atoms with van der Waals surface area (Å²) in [7, 11) is 0. The molecule has 0 saturated carbocycles. The second kappa shape index (κ2) is 5.44. The van der Waals surface area contributed by atoms with Gasteiger partial charge in [0, 0.05) is 12.2 Å². The number of halogens is 2. The Morgan fingerprint density at radius 2 is 2.20 bits per heavy atom. The Labute approximate surface area is 96.1 Å². The molecule has 0 aliphatic rings. The lowest BCUT2D eigenvalue weighted by molar-refractivity contribution is 0.105. The Morgan fingerprint density at radius 3 is 2.80 bits per heavy atom. The number of anilines is 1. The van der Waals surface area contributed by atoms with Gasteiger partial charge in [-0.2, -0.15) is 0 Å². The molecule has 0 amide bonds. The largest absolute Gasteiger partial charge is 0.394 e. The predicted octanol–water partition coefficient (Wildman–Crippen LogP) is 1.66. The van der Waals surface area contributed by atoms with Crippen LogP contribution in [0.25, 0.3) is 0 Å². The minimum Gasteiger partial charge on any atom is -0.394 e. The summed E-state index contributed by atoms with van der Waals surface area (Å²) in [6.07, 6.45) is -0.837. The molecule has 15 heavy (non-hydrogen) atoms. The zero-order chi connectivity index (χ0) is 11.4. The van der Waals surface area contributed by atoms with E-state index in [-0.39, 0.29) is 19.0 Å². The van der Waals surface area contributed by atoms with Gasteiger partial charge in [-0.1, -0.05) is 0 Å². The van der Waals surface area contributed by atoms with Crippen molar-refractivity contribution in [2.75, 3.05) is 18.5 Å². The summed E-state index contributed by atoms with van der Waals surface area (Å²) < 4.78 is 13.6. The standard InChI is InChI=1S/C10H13BrFNO2/c1-6-2-8(11)9(12)3-10(6)13-4-7(15)5-14/h2-3,7,13-15H,4-5H2,1H3. The number of aryl methyl sites for hydroxylation is 1. The molecule has 1 aromatic rings. The van der Waals surface area contributed by atoms with Gasteiger partial charge in [-0.15, -0.1) is 0 Å². The van der Waals surface area contributed by atoms with Crippen LogP contribution in [0.3, 0.4) is 0 Å². The van der Waals surface area contributed by atoms with Crippen molar-refractivity contribution in [2.24, 2.45) is 0 Å². The van der Waals surface area contributed by atoms with E-state index in [0.29, 0.717) is 10.2 Å². The number of hydrogen-bond acceptors (Lipinski definition) is 3. The van der Waals surface area contributed by atoms with Crippen molar-refractivity contribution in [3.05, 3.63) is 28.0 Å². The molecule has 0 aliphatic heterocycles. The molecule has 0 radical (unpaired) electrons. The van der Waals surface area contributed by atoms with Gasteiger partial charge in [0.15, 0.2) is 0 Å². The lowest BCUT2D eigenvalue weighted by Gasteiger charge is -2.13. The van der Waals surface area contributed by atoms with E-state index in [1.54, 1.807) is 6.07 Å². The molecule has 0 fully saturated rings. The normalized spacial score (nSPS) is 12.6. The summed E-state index contributed by atoms with van der Waals surface area (Å²) in [6.45, 7) is 1.71. The molecule has 3 N–H and O–H groups in total. The molecule has 1 rings (SSSR count). The third-order valence-electron chi connectivity index (χ3n) is 2.01. The van der Waals surface area contributed by atoms with Gasteiger partial charge in [0.2, 0.25) is 0 Å². The third-order valence-corrected chi connectivity index (χ3v) is 2.61. The van der Waals surface area contributed by atoms with Crippen molar-refractivity contribution in [3.8, 4) is 0 Å². The maximum atomic E-state index is 13.2. The zero-order valence-corrected chi connectivity index (χ0v) is 9.88. The maximum Gasteiger partial charge on any atom is 0.139 e. The van der Waals surface area contributed by atoms with Crippen LogP contribution in [0.2, 0.25) is 0 Å². The first-order chi connectivity index (χ1) is 7.04. The number of hydrogen-bond donors (Lipinski definition) is 3. The summed E-state index contributed by atoms with van der Waals surface area (Å²) in [5.41, 5.74) is 1.48. The van der Waals surface area contributed by atoms with E-state index in [9.17, 15) is 4.39 Å². The fourth-order valence-electron chi connectivity index (χ4n) is 1.13. The molecule has 0 spiro atoms.